The summed E-state index contributed by atoms with van der Waals surface area (Å²) in [6.07, 6.45) is 6.15. The number of hydrogen-bond donors (Lipinski definition) is 1. The lowest BCUT2D eigenvalue weighted by molar-refractivity contribution is -0.135. The van der Waals surface area contributed by atoms with Gasteiger partial charge < -0.3 is 9.64 Å². The molecule has 2 rings (SSSR count). The molecular formula is C26H37N5O4. The Morgan fingerprint density at radius 1 is 1.29 bits per heavy atom. The van der Waals surface area contributed by atoms with Crippen LogP contribution in [0.3, 0.4) is 0 Å². The van der Waals surface area contributed by atoms with E-state index in [0.717, 1.165) is 6.42 Å². The van der Waals surface area contributed by atoms with Gasteiger partial charge in [-0.15, -0.1) is 0 Å². The van der Waals surface area contributed by atoms with Crippen LogP contribution in [0.25, 0.3) is 5.57 Å². The molecule has 0 aromatic carbocycles. The second kappa shape index (κ2) is 13.3. The molecule has 1 aromatic heterocycles. The fraction of sp³-hybridized carbons (Fsp3) is 0.500. The van der Waals surface area contributed by atoms with Crippen LogP contribution in [0.15, 0.2) is 40.4 Å². The van der Waals surface area contributed by atoms with Gasteiger partial charge in [-0.1, -0.05) is 32.9 Å². The van der Waals surface area contributed by atoms with Crippen LogP contribution >= 0.6 is 0 Å². The molecule has 0 saturated carbocycles. The van der Waals surface area contributed by atoms with Gasteiger partial charge in [-0.25, -0.2) is 9.78 Å². The molecule has 0 fully saturated rings. The standard InChI is InChI=1S/C24H31N5O4.C2H6/c1-7-24(3,4)28(5)22(31)15-29-16(2)26-20(13-21(29)30)18-11-9-8-10-17(14-25)12-19(18)27-23(32)33-6;1-2/h8-9,12-13H,7,10-11,15H2,1-6H3,(H,27,32);1-2H3/b9-8-,17-12+,19-18-;. The van der Waals surface area contributed by atoms with Gasteiger partial charge in [-0.05, 0) is 39.7 Å². The van der Waals surface area contributed by atoms with Crippen molar-refractivity contribution in [2.24, 2.45) is 0 Å². The Morgan fingerprint density at radius 3 is 2.46 bits per heavy atom. The van der Waals surface area contributed by atoms with E-state index in [1.165, 1.54) is 17.7 Å². The van der Waals surface area contributed by atoms with Crippen LogP contribution < -0.4 is 10.9 Å². The number of aryl methyl sites for hydroxylation is 1. The van der Waals surface area contributed by atoms with Gasteiger partial charge in [0.1, 0.15) is 12.4 Å². The number of amides is 2. The van der Waals surface area contributed by atoms with Gasteiger partial charge >= 0.3 is 6.09 Å². The molecule has 0 saturated heterocycles. The molecule has 0 aliphatic heterocycles. The maximum Gasteiger partial charge on any atom is 0.411 e. The zero-order valence-corrected chi connectivity index (χ0v) is 22.1. The minimum Gasteiger partial charge on any atom is -0.453 e. The summed E-state index contributed by atoms with van der Waals surface area (Å²) in [7, 11) is 2.97. The van der Waals surface area contributed by atoms with Crippen molar-refractivity contribution in [3.8, 4) is 6.07 Å². The van der Waals surface area contributed by atoms with E-state index in [9.17, 15) is 19.6 Å². The van der Waals surface area contributed by atoms with Crippen LogP contribution in [0, 0.1) is 18.3 Å². The minimum atomic E-state index is -0.696. The topological polar surface area (TPSA) is 117 Å². The number of aromatic nitrogens is 2. The Bertz CT molecular complexity index is 1120. The number of rotatable bonds is 6. The van der Waals surface area contributed by atoms with Crippen LogP contribution in [-0.4, -0.2) is 46.1 Å². The maximum absolute atomic E-state index is 13.0. The molecule has 9 nitrogen and oxygen atoms in total. The smallest absolute Gasteiger partial charge is 0.411 e. The van der Waals surface area contributed by atoms with Crippen molar-refractivity contribution < 1.29 is 14.3 Å². The minimum absolute atomic E-state index is 0.122. The summed E-state index contributed by atoms with van der Waals surface area (Å²) >= 11 is 0. The molecule has 0 unspecified atom stereocenters. The summed E-state index contributed by atoms with van der Waals surface area (Å²) in [5, 5.41) is 12.0. The first-order valence-electron chi connectivity index (χ1n) is 11.7. The monoisotopic (exact) mass is 483 g/mol. The number of allylic oxidation sites excluding steroid dienone is 5. The Labute approximate surface area is 207 Å². The van der Waals surface area contributed by atoms with Crippen molar-refractivity contribution in [3.63, 3.8) is 0 Å². The molecule has 1 aliphatic carbocycles. The third-order valence-corrected chi connectivity index (χ3v) is 5.98. The average molecular weight is 484 g/mol. The lowest BCUT2D eigenvalue weighted by atomic mass is 9.99. The van der Waals surface area contributed by atoms with E-state index >= 15 is 0 Å². The first-order chi connectivity index (χ1) is 16.5. The lowest BCUT2D eigenvalue weighted by Gasteiger charge is -2.35. The Hall–Kier alpha value is -3.67. The SMILES string of the molecule is CC.CCC(C)(C)N(C)C(=O)Cn1c(C)nc(/C2=C(NC(=O)OC)/C=C(/C#N)C/C=C\C2)cc1=O. The molecule has 35 heavy (non-hydrogen) atoms. The summed E-state index contributed by atoms with van der Waals surface area (Å²) in [5.74, 6) is 0.179. The number of carbonyl (C=O) groups excluding carboxylic acids is 2. The highest BCUT2D eigenvalue weighted by Gasteiger charge is 2.26. The number of alkyl carbamates (subject to hydrolysis) is 1. The molecular weight excluding hydrogens is 446 g/mol. The average Bonchev–Trinajstić information content (AvgIpc) is 2.83. The van der Waals surface area contributed by atoms with Crippen molar-refractivity contribution >= 4 is 17.6 Å². The molecule has 2 amide bonds. The number of methoxy groups -OCH3 is 1. The van der Waals surface area contributed by atoms with Gasteiger partial charge in [0.15, 0.2) is 0 Å². The van der Waals surface area contributed by atoms with Crippen molar-refractivity contribution in [3.05, 3.63) is 57.4 Å². The zero-order chi connectivity index (χ0) is 26.8. The molecule has 0 spiro atoms. The van der Waals surface area contributed by atoms with Gasteiger partial charge in [0.25, 0.3) is 5.56 Å². The second-order valence-electron chi connectivity index (χ2n) is 8.40. The van der Waals surface area contributed by atoms with Crippen LogP contribution in [0.5, 0.6) is 0 Å². The normalized spacial score (nSPS) is 17.9. The van der Waals surface area contributed by atoms with Gasteiger partial charge in [0.2, 0.25) is 5.91 Å². The number of carbonyl (C=O) groups is 2. The zero-order valence-electron chi connectivity index (χ0n) is 22.1. The molecule has 0 bridgehead atoms. The molecule has 0 atom stereocenters. The lowest BCUT2D eigenvalue weighted by Crippen LogP contribution is -2.47. The molecule has 0 radical (unpaired) electrons. The highest BCUT2D eigenvalue weighted by molar-refractivity contribution is 5.78. The first kappa shape index (κ1) is 29.4. The summed E-state index contributed by atoms with van der Waals surface area (Å²) in [6, 6.07) is 3.44. The summed E-state index contributed by atoms with van der Waals surface area (Å²) in [6.45, 7) is 11.5. The van der Waals surface area contributed by atoms with Gasteiger partial charge in [-0.3, -0.25) is 19.5 Å². The Balaban J connectivity index is 0.00000298. The van der Waals surface area contributed by atoms with E-state index in [4.69, 9.17) is 4.74 Å². The van der Waals surface area contributed by atoms with Crippen LogP contribution in [0.1, 0.15) is 65.4 Å². The number of nitrogens with zero attached hydrogens (tertiary/aromatic N) is 4. The number of ether oxygens (including phenoxy) is 1. The summed E-state index contributed by atoms with van der Waals surface area (Å²) in [5.41, 5.74) is 0.979. The number of nitrogens with one attached hydrogen (secondary N) is 1. The van der Waals surface area contributed by atoms with Crippen molar-refractivity contribution in [2.75, 3.05) is 14.2 Å². The fourth-order valence-corrected chi connectivity index (χ4v) is 3.22. The van der Waals surface area contributed by atoms with Crippen molar-refractivity contribution in [1.82, 2.24) is 19.8 Å². The van der Waals surface area contributed by atoms with Crippen LogP contribution in [0.4, 0.5) is 4.79 Å². The first-order valence-corrected chi connectivity index (χ1v) is 11.7. The van der Waals surface area contributed by atoms with E-state index in [-0.39, 0.29) is 23.6 Å². The number of nitriles is 1. The third kappa shape index (κ3) is 7.67. The Kier molecular flexibility index (Phi) is 11.1. The largest absolute Gasteiger partial charge is 0.453 e. The van der Waals surface area contributed by atoms with E-state index in [1.807, 2.05) is 46.8 Å². The van der Waals surface area contributed by atoms with Crippen LogP contribution in [0.2, 0.25) is 0 Å². The highest BCUT2D eigenvalue weighted by Crippen LogP contribution is 2.24. The maximum atomic E-state index is 13.0. The highest BCUT2D eigenvalue weighted by atomic mass is 16.5. The van der Waals surface area contributed by atoms with Crippen molar-refractivity contribution in [1.29, 1.82) is 5.26 Å². The van der Waals surface area contributed by atoms with Crippen LogP contribution in [-0.2, 0) is 16.1 Å². The molecule has 1 N–H and O–H groups in total. The predicted octanol–water partition coefficient (Wildman–Crippen LogP) is 4.09. The number of hydrogen-bond acceptors (Lipinski definition) is 6. The summed E-state index contributed by atoms with van der Waals surface area (Å²) in [4.78, 5) is 43.9. The van der Waals surface area contributed by atoms with Gasteiger partial charge in [-0.2, -0.15) is 5.26 Å². The summed E-state index contributed by atoms with van der Waals surface area (Å²) < 4.78 is 6.04. The van der Waals surface area contributed by atoms with E-state index in [2.05, 4.69) is 16.4 Å². The van der Waals surface area contributed by atoms with E-state index < -0.39 is 6.09 Å². The van der Waals surface area contributed by atoms with Crippen molar-refractivity contribution in [2.45, 2.75) is 72.9 Å². The molecule has 1 aromatic rings. The van der Waals surface area contributed by atoms with E-state index in [0.29, 0.717) is 41.2 Å². The molecule has 9 heteroatoms. The van der Waals surface area contributed by atoms with E-state index in [1.54, 1.807) is 24.9 Å². The molecule has 1 aliphatic rings. The quantitative estimate of drug-likeness (QED) is 0.609. The molecule has 190 valence electrons. The number of likely N-dealkylation sites (N-methyl/N-ethyl adjacent to an activating group) is 1. The Morgan fingerprint density at radius 2 is 1.91 bits per heavy atom. The second-order valence-corrected chi connectivity index (χ2v) is 8.40. The molecule has 1 heterocycles. The predicted molar refractivity (Wildman–Crippen MR) is 136 cm³/mol. The third-order valence-electron chi connectivity index (χ3n) is 5.98. The van der Waals surface area contributed by atoms with Gasteiger partial charge in [0.05, 0.1) is 24.6 Å². The fourth-order valence-electron chi connectivity index (χ4n) is 3.22. The van der Waals surface area contributed by atoms with Gasteiger partial charge in [0, 0.05) is 36.2 Å².